The maximum atomic E-state index is 12.5. The SMILES string of the molecule is C=C(Cl)COC(=O)C1=C(SC2CCS(=O)C2)S[C@@H]2[C@@H]([C@@H](C)O)C(=O)N12. The molecule has 1 amide bonds. The van der Waals surface area contributed by atoms with Gasteiger partial charge in [0.15, 0.2) is 5.70 Å². The lowest BCUT2D eigenvalue weighted by Crippen LogP contribution is -2.60. The van der Waals surface area contributed by atoms with E-state index in [9.17, 15) is 18.9 Å². The predicted octanol–water partition coefficient (Wildman–Crippen LogP) is 1.62. The Labute approximate surface area is 161 Å². The zero-order valence-corrected chi connectivity index (χ0v) is 16.7. The van der Waals surface area contributed by atoms with Gasteiger partial charge in [0, 0.05) is 32.6 Å². The van der Waals surface area contributed by atoms with Gasteiger partial charge in [-0.2, -0.15) is 0 Å². The van der Waals surface area contributed by atoms with Gasteiger partial charge in [-0.1, -0.05) is 29.9 Å². The second-order valence-corrected chi connectivity index (χ2v) is 10.9. The Hall–Kier alpha value is -0.480. The monoisotopic (exact) mass is 423 g/mol. The summed E-state index contributed by atoms with van der Waals surface area (Å²) in [5, 5.41) is 9.86. The largest absolute Gasteiger partial charge is 0.455 e. The number of rotatable bonds is 6. The summed E-state index contributed by atoms with van der Waals surface area (Å²) in [5.41, 5.74) is 0.206. The van der Waals surface area contributed by atoms with Crippen molar-refractivity contribution in [1.29, 1.82) is 0 Å². The first-order valence-electron chi connectivity index (χ1n) is 7.73. The van der Waals surface area contributed by atoms with Crippen LogP contribution in [-0.4, -0.2) is 60.9 Å². The topological polar surface area (TPSA) is 83.9 Å². The van der Waals surface area contributed by atoms with Crippen molar-refractivity contribution in [3.63, 3.8) is 0 Å². The number of ether oxygens (including phenoxy) is 1. The molecule has 3 aliphatic rings. The molecule has 0 saturated carbocycles. The van der Waals surface area contributed by atoms with Gasteiger partial charge in [0.1, 0.15) is 12.0 Å². The maximum Gasteiger partial charge on any atom is 0.357 e. The summed E-state index contributed by atoms with van der Waals surface area (Å²) < 4.78 is 17.4. The maximum absolute atomic E-state index is 12.5. The fourth-order valence-electron chi connectivity index (χ4n) is 2.92. The first-order chi connectivity index (χ1) is 11.8. The van der Waals surface area contributed by atoms with Gasteiger partial charge < -0.3 is 9.84 Å². The van der Waals surface area contributed by atoms with Gasteiger partial charge in [-0.25, -0.2) is 4.79 Å². The number of fused-ring (bicyclic) bond motifs is 1. The van der Waals surface area contributed by atoms with Crippen LogP contribution < -0.4 is 0 Å². The van der Waals surface area contributed by atoms with Crippen molar-refractivity contribution in [2.75, 3.05) is 18.1 Å². The summed E-state index contributed by atoms with van der Waals surface area (Å²) in [5.74, 6) is -0.213. The molecule has 3 heterocycles. The van der Waals surface area contributed by atoms with E-state index in [0.29, 0.717) is 15.7 Å². The molecule has 3 rings (SSSR count). The molecule has 6 nitrogen and oxygen atoms in total. The Bertz CT molecular complexity index is 680. The summed E-state index contributed by atoms with van der Waals surface area (Å²) in [6, 6.07) is 0. The van der Waals surface area contributed by atoms with E-state index >= 15 is 0 Å². The van der Waals surface area contributed by atoms with Crippen molar-refractivity contribution >= 4 is 57.8 Å². The molecule has 0 aromatic heterocycles. The summed E-state index contributed by atoms with van der Waals surface area (Å²) in [6.45, 7) is 4.91. The van der Waals surface area contributed by atoms with E-state index < -0.39 is 28.8 Å². The number of aliphatic hydroxyl groups is 1. The van der Waals surface area contributed by atoms with E-state index in [-0.39, 0.29) is 33.9 Å². The number of hydrogen-bond donors (Lipinski definition) is 1. The van der Waals surface area contributed by atoms with Crippen LogP contribution in [0.3, 0.4) is 0 Å². The van der Waals surface area contributed by atoms with Crippen molar-refractivity contribution in [3.05, 3.63) is 21.5 Å². The number of hydrogen-bond acceptors (Lipinski definition) is 7. The minimum Gasteiger partial charge on any atom is -0.455 e. The highest BCUT2D eigenvalue weighted by atomic mass is 35.5. The third-order valence-corrected chi connectivity index (χ3v) is 8.79. The summed E-state index contributed by atoms with van der Waals surface area (Å²) in [7, 11) is -0.826. The zero-order chi connectivity index (χ0) is 18.3. The Morgan fingerprint density at radius 1 is 1.64 bits per heavy atom. The molecule has 0 spiro atoms. The van der Waals surface area contributed by atoms with E-state index in [4.69, 9.17) is 16.3 Å². The second kappa shape index (κ2) is 7.64. The minimum absolute atomic E-state index is 0.132. The highest BCUT2D eigenvalue weighted by Crippen LogP contribution is 2.55. The number of thioether (sulfide) groups is 2. The van der Waals surface area contributed by atoms with Crippen LogP contribution in [0.25, 0.3) is 0 Å². The average Bonchev–Trinajstić information content (AvgIpc) is 3.06. The van der Waals surface area contributed by atoms with E-state index in [0.717, 1.165) is 6.42 Å². The van der Waals surface area contributed by atoms with E-state index in [1.165, 1.54) is 28.4 Å². The molecule has 5 atom stereocenters. The Morgan fingerprint density at radius 2 is 2.36 bits per heavy atom. The normalized spacial score (nSPS) is 32.4. The van der Waals surface area contributed by atoms with Gasteiger partial charge in [0.05, 0.1) is 16.3 Å². The lowest BCUT2D eigenvalue weighted by molar-refractivity contribution is -0.157. The molecule has 25 heavy (non-hydrogen) atoms. The van der Waals surface area contributed by atoms with Crippen LogP contribution >= 0.6 is 35.1 Å². The molecule has 1 N–H and O–H groups in total. The van der Waals surface area contributed by atoms with Crippen LogP contribution in [0.15, 0.2) is 21.5 Å². The standard InChI is InChI=1S/C15H18ClNO5S3/c1-7(16)5-22-14(20)11-15(23-9-3-4-25(21)6-9)24-13-10(8(2)18)12(19)17(11)13/h8-10,13,18H,1,3-6H2,2H3/t8-,9?,10+,13-,25?/m1/s1. The van der Waals surface area contributed by atoms with E-state index in [2.05, 4.69) is 6.58 Å². The van der Waals surface area contributed by atoms with Crippen molar-refractivity contribution < 1.29 is 23.6 Å². The number of β-lactam (4-membered cyclic amide) rings is 1. The number of esters is 1. The van der Waals surface area contributed by atoms with Crippen LogP contribution in [0.1, 0.15) is 13.3 Å². The zero-order valence-electron chi connectivity index (χ0n) is 13.5. The molecule has 10 heteroatoms. The van der Waals surface area contributed by atoms with Gasteiger partial charge in [-0.15, -0.1) is 11.8 Å². The van der Waals surface area contributed by atoms with Gasteiger partial charge in [-0.05, 0) is 13.3 Å². The first kappa shape index (κ1) is 19.3. The van der Waals surface area contributed by atoms with E-state index in [1.807, 2.05) is 0 Å². The highest BCUT2D eigenvalue weighted by Gasteiger charge is 2.58. The first-order valence-corrected chi connectivity index (χ1v) is 11.4. The Morgan fingerprint density at radius 3 is 2.92 bits per heavy atom. The molecular formula is C15H18ClNO5S3. The fourth-order valence-corrected chi connectivity index (χ4v) is 8.22. The van der Waals surface area contributed by atoms with E-state index in [1.54, 1.807) is 6.92 Å². The molecule has 2 saturated heterocycles. The summed E-state index contributed by atoms with van der Waals surface area (Å²) in [6.07, 6.45) is 0.0186. The molecule has 3 aliphatic heterocycles. The van der Waals surface area contributed by atoms with Crippen molar-refractivity contribution in [3.8, 4) is 0 Å². The molecule has 138 valence electrons. The van der Waals surface area contributed by atoms with Crippen molar-refractivity contribution in [2.45, 2.75) is 30.1 Å². The second-order valence-electron chi connectivity index (χ2n) is 6.05. The third kappa shape index (κ3) is 3.80. The number of carbonyl (C=O) groups is 2. The summed E-state index contributed by atoms with van der Waals surface area (Å²) in [4.78, 5) is 26.3. The molecular weight excluding hydrogens is 406 g/mol. The minimum atomic E-state index is -0.826. The quantitative estimate of drug-likeness (QED) is 0.513. The van der Waals surface area contributed by atoms with Crippen molar-refractivity contribution in [2.24, 2.45) is 5.92 Å². The highest BCUT2D eigenvalue weighted by molar-refractivity contribution is 8.23. The predicted molar refractivity (Wildman–Crippen MR) is 100 cm³/mol. The van der Waals surface area contributed by atoms with Crippen LogP contribution in [0.5, 0.6) is 0 Å². The van der Waals surface area contributed by atoms with Crippen molar-refractivity contribution in [1.82, 2.24) is 4.90 Å². The fraction of sp³-hybridized carbons (Fsp3) is 0.600. The lowest BCUT2D eigenvalue weighted by atomic mass is 9.92. The number of halogens is 1. The smallest absolute Gasteiger partial charge is 0.357 e. The number of amides is 1. The molecule has 0 aromatic rings. The molecule has 0 radical (unpaired) electrons. The number of aliphatic hydroxyl groups excluding tert-OH is 1. The van der Waals surface area contributed by atoms with Crippen LogP contribution in [0, 0.1) is 5.92 Å². The summed E-state index contributed by atoms with van der Waals surface area (Å²) >= 11 is 8.51. The average molecular weight is 424 g/mol. The van der Waals surface area contributed by atoms with Crippen LogP contribution in [0.2, 0.25) is 0 Å². The molecule has 2 unspecified atom stereocenters. The Kier molecular flexibility index (Phi) is 5.89. The lowest BCUT2D eigenvalue weighted by Gasteiger charge is -2.43. The number of carbonyl (C=O) groups excluding carboxylic acids is 2. The van der Waals surface area contributed by atoms with Gasteiger partial charge in [0.2, 0.25) is 5.91 Å². The van der Waals surface area contributed by atoms with Gasteiger partial charge in [0.25, 0.3) is 0 Å². The van der Waals surface area contributed by atoms with Gasteiger partial charge >= 0.3 is 5.97 Å². The molecule has 2 fully saturated rings. The number of nitrogens with zero attached hydrogens (tertiary/aromatic N) is 1. The molecule has 0 aliphatic carbocycles. The van der Waals surface area contributed by atoms with Gasteiger partial charge in [-0.3, -0.25) is 13.9 Å². The van der Waals surface area contributed by atoms with Crippen LogP contribution in [-0.2, 0) is 25.1 Å². The Balaban J connectivity index is 1.81. The molecule has 0 bridgehead atoms. The van der Waals surface area contributed by atoms with Crippen LogP contribution in [0.4, 0.5) is 0 Å². The third-order valence-electron chi connectivity index (χ3n) is 4.13. The molecule has 0 aromatic carbocycles.